The first kappa shape index (κ1) is 24.6. The molecule has 0 nitrogen and oxygen atoms in total. The largest absolute Gasteiger partial charge is 0.0654 e. The molecule has 0 N–H and O–H groups in total. The van der Waals surface area contributed by atoms with Crippen molar-refractivity contribution in [2.75, 3.05) is 0 Å². The van der Waals surface area contributed by atoms with E-state index in [0.717, 1.165) is 35.5 Å². The third kappa shape index (κ3) is 8.16. The minimum Gasteiger partial charge on any atom is -0.0654 e. The summed E-state index contributed by atoms with van der Waals surface area (Å²) in [4.78, 5) is 0. The minimum atomic E-state index is 1.03. The van der Waals surface area contributed by atoms with Crippen molar-refractivity contribution >= 4 is 0 Å². The quantitative estimate of drug-likeness (QED) is 0.427. The smallest absolute Gasteiger partial charge is 0.0357 e. The summed E-state index contributed by atoms with van der Waals surface area (Å²) < 4.78 is 0. The molecule has 176 valence electrons. The van der Waals surface area contributed by atoms with Crippen LogP contribution in [0.1, 0.15) is 155 Å². The monoisotopic (exact) mass is 416 g/mol. The first-order chi connectivity index (χ1) is 14.8. The van der Waals surface area contributed by atoms with Crippen LogP contribution in [0.25, 0.3) is 0 Å². The summed E-state index contributed by atoms with van der Waals surface area (Å²) >= 11 is 0. The minimum absolute atomic E-state index is 1.03. The Labute approximate surface area is 190 Å². The molecule has 3 unspecified atom stereocenters. The molecular weight excluding hydrogens is 360 g/mol. The van der Waals surface area contributed by atoms with Crippen LogP contribution in [0.3, 0.4) is 0 Å². The molecular formula is C30H56. The maximum atomic E-state index is 2.59. The Morgan fingerprint density at radius 2 is 0.967 bits per heavy atom. The summed E-state index contributed by atoms with van der Waals surface area (Å²) in [6.07, 6.45) is 33.6. The summed E-state index contributed by atoms with van der Waals surface area (Å²) in [6, 6.07) is 0. The second-order valence-electron chi connectivity index (χ2n) is 12.0. The van der Waals surface area contributed by atoms with Crippen LogP contribution in [0, 0.1) is 35.5 Å². The molecule has 3 atom stereocenters. The maximum absolute atomic E-state index is 2.59. The lowest BCUT2D eigenvalue weighted by Crippen LogP contribution is -2.20. The van der Waals surface area contributed by atoms with Gasteiger partial charge in [-0.25, -0.2) is 0 Å². The Hall–Kier alpha value is 0. The summed E-state index contributed by atoms with van der Waals surface area (Å²) in [7, 11) is 0. The molecule has 4 saturated carbocycles. The van der Waals surface area contributed by atoms with E-state index in [2.05, 4.69) is 13.8 Å². The van der Waals surface area contributed by atoms with Gasteiger partial charge in [0, 0.05) is 0 Å². The number of hydrogen-bond donors (Lipinski definition) is 0. The molecule has 4 aliphatic carbocycles. The second-order valence-corrected chi connectivity index (χ2v) is 12.0. The van der Waals surface area contributed by atoms with Gasteiger partial charge in [-0.2, -0.15) is 0 Å². The van der Waals surface area contributed by atoms with Crippen molar-refractivity contribution in [3.05, 3.63) is 0 Å². The van der Waals surface area contributed by atoms with E-state index < -0.39 is 0 Å². The van der Waals surface area contributed by atoms with Gasteiger partial charge < -0.3 is 0 Å². The van der Waals surface area contributed by atoms with E-state index in [1.807, 2.05) is 0 Å². The molecule has 30 heavy (non-hydrogen) atoms. The zero-order chi connectivity index (χ0) is 21.0. The molecule has 0 radical (unpaired) electrons. The standard InChI is InChI=1S/C21H38.C9H18/c1-17-15-20(16-21(17)19-13-9-6-10-14-19)18-11-7-4-2-3-5-8-12-18;1-2-6-9-7-4-3-5-8-9/h17-21H,2-16H2,1H3;9H,2-8H2,1H3. The molecule has 0 heteroatoms. The third-order valence-corrected chi connectivity index (χ3v) is 9.72. The van der Waals surface area contributed by atoms with Gasteiger partial charge in [-0.1, -0.05) is 142 Å². The van der Waals surface area contributed by atoms with Gasteiger partial charge >= 0.3 is 0 Å². The highest BCUT2D eigenvalue weighted by atomic mass is 14.4. The zero-order valence-electron chi connectivity index (χ0n) is 21.0. The van der Waals surface area contributed by atoms with Crippen molar-refractivity contribution in [2.45, 2.75) is 155 Å². The highest BCUT2D eigenvalue weighted by Crippen LogP contribution is 2.49. The molecule has 0 aromatic heterocycles. The number of hydrogen-bond acceptors (Lipinski definition) is 0. The lowest BCUT2D eigenvalue weighted by molar-refractivity contribution is 0.203. The predicted octanol–water partition coefficient (Wildman–Crippen LogP) is 10.3. The van der Waals surface area contributed by atoms with E-state index >= 15 is 0 Å². The van der Waals surface area contributed by atoms with Crippen molar-refractivity contribution in [1.29, 1.82) is 0 Å². The first-order valence-corrected chi connectivity index (χ1v) is 14.8. The molecule has 4 fully saturated rings. The summed E-state index contributed by atoms with van der Waals surface area (Å²) in [5.74, 6) is 6.54. The molecule has 0 bridgehead atoms. The fourth-order valence-corrected chi connectivity index (χ4v) is 7.95. The lowest BCUT2D eigenvalue weighted by atomic mass is 9.75. The Kier molecular flexibility index (Phi) is 11.7. The fraction of sp³-hybridized carbons (Fsp3) is 1.00. The van der Waals surface area contributed by atoms with Crippen LogP contribution in [0.4, 0.5) is 0 Å². The van der Waals surface area contributed by atoms with E-state index in [0.29, 0.717) is 0 Å². The lowest BCUT2D eigenvalue weighted by Gasteiger charge is -2.30. The molecule has 4 rings (SSSR count). The van der Waals surface area contributed by atoms with E-state index in [-0.39, 0.29) is 0 Å². The maximum Gasteiger partial charge on any atom is -0.0357 e. The summed E-state index contributed by atoms with van der Waals surface area (Å²) in [5.41, 5.74) is 0. The van der Waals surface area contributed by atoms with E-state index in [1.54, 1.807) is 38.5 Å². The Morgan fingerprint density at radius 3 is 1.53 bits per heavy atom. The van der Waals surface area contributed by atoms with Crippen molar-refractivity contribution < 1.29 is 0 Å². The molecule has 0 aromatic rings. The molecule has 0 saturated heterocycles. The molecule has 0 aromatic carbocycles. The molecule has 0 spiro atoms. The zero-order valence-corrected chi connectivity index (χ0v) is 21.0. The van der Waals surface area contributed by atoms with Crippen LogP contribution in [-0.4, -0.2) is 0 Å². The molecule has 0 amide bonds. The Bertz CT molecular complexity index is 401. The van der Waals surface area contributed by atoms with Crippen molar-refractivity contribution in [2.24, 2.45) is 35.5 Å². The van der Waals surface area contributed by atoms with Gasteiger partial charge in [0.05, 0.1) is 0 Å². The fourth-order valence-electron chi connectivity index (χ4n) is 7.95. The summed E-state index contributed by atoms with van der Waals surface area (Å²) in [6.45, 7) is 4.89. The van der Waals surface area contributed by atoms with Crippen LogP contribution in [0.5, 0.6) is 0 Å². The number of rotatable bonds is 4. The van der Waals surface area contributed by atoms with Crippen molar-refractivity contribution in [3.8, 4) is 0 Å². The average molecular weight is 417 g/mol. The van der Waals surface area contributed by atoms with Crippen LogP contribution < -0.4 is 0 Å². The topological polar surface area (TPSA) is 0 Å². The van der Waals surface area contributed by atoms with E-state index in [4.69, 9.17) is 0 Å². The van der Waals surface area contributed by atoms with Gasteiger partial charge in [-0.15, -0.1) is 0 Å². The Balaban J connectivity index is 0.000000239. The molecule has 4 aliphatic rings. The van der Waals surface area contributed by atoms with Crippen LogP contribution in [-0.2, 0) is 0 Å². The van der Waals surface area contributed by atoms with Gasteiger partial charge in [0.15, 0.2) is 0 Å². The summed E-state index contributed by atoms with van der Waals surface area (Å²) in [5, 5.41) is 0. The normalized spacial score (nSPS) is 33.2. The van der Waals surface area contributed by atoms with Crippen LogP contribution in [0.2, 0.25) is 0 Å². The van der Waals surface area contributed by atoms with Gasteiger partial charge in [-0.05, 0) is 48.3 Å². The van der Waals surface area contributed by atoms with Gasteiger partial charge in [0.25, 0.3) is 0 Å². The van der Waals surface area contributed by atoms with Crippen molar-refractivity contribution in [3.63, 3.8) is 0 Å². The molecule has 0 aliphatic heterocycles. The highest BCUT2D eigenvalue weighted by molar-refractivity contribution is 4.89. The first-order valence-electron chi connectivity index (χ1n) is 14.8. The van der Waals surface area contributed by atoms with Gasteiger partial charge in [0.1, 0.15) is 0 Å². The molecule has 0 heterocycles. The van der Waals surface area contributed by atoms with E-state index in [9.17, 15) is 0 Å². The van der Waals surface area contributed by atoms with Gasteiger partial charge in [-0.3, -0.25) is 0 Å². The van der Waals surface area contributed by atoms with Crippen LogP contribution in [0.15, 0.2) is 0 Å². The second kappa shape index (κ2) is 14.2. The SMILES string of the molecule is CC1CC(C2CCCCCCCC2)CC1C1CCCCC1.CCCC1CCCCC1. The highest BCUT2D eigenvalue weighted by Gasteiger charge is 2.39. The third-order valence-electron chi connectivity index (χ3n) is 9.72. The van der Waals surface area contributed by atoms with Gasteiger partial charge in [0.2, 0.25) is 0 Å². The predicted molar refractivity (Wildman–Crippen MR) is 134 cm³/mol. The van der Waals surface area contributed by atoms with E-state index in [1.165, 1.54) is 103 Å². The van der Waals surface area contributed by atoms with Crippen molar-refractivity contribution in [1.82, 2.24) is 0 Å². The Morgan fingerprint density at radius 1 is 0.500 bits per heavy atom. The average Bonchev–Trinajstić information content (AvgIpc) is 3.23. The van der Waals surface area contributed by atoms with Crippen LogP contribution >= 0.6 is 0 Å².